The highest BCUT2D eigenvalue weighted by molar-refractivity contribution is 8.00. The minimum atomic E-state index is -0.189. The van der Waals surface area contributed by atoms with Crippen LogP contribution in [-0.2, 0) is 11.2 Å². The third kappa shape index (κ3) is 5.13. The number of nitrogens with one attached hydrogen (secondary N) is 2. The highest BCUT2D eigenvalue weighted by Gasteiger charge is 2.23. The van der Waals surface area contributed by atoms with E-state index in [1.807, 2.05) is 45.9 Å². The fourth-order valence-corrected chi connectivity index (χ4v) is 3.10. The summed E-state index contributed by atoms with van der Waals surface area (Å²) in [7, 11) is 0. The molecule has 0 fully saturated rings. The van der Waals surface area contributed by atoms with Crippen molar-refractivity contribution in [1.82, 2.24) is 15.3 Å². The second-order valence-corrected chi connectivity index (χ2v) is 8.09. The number of thioether (sulfide) groups is 1. The Bertz CT molecular complexity index is 679. The summed E-state index contributed by atoms with van der Waals surface area (Å²) in [6.45, 7) is 10.1. The van der Waals surface area contributed by atoms with Crippen LogP contribution in [0.25, 0.3) is 0 Å². The fraction of sp³-hybridized carbons (Fsp3) is 0.474. The average molecular weight is 346 g/mol. The minimum Gasteiger partial charge on any atom is -0.350 e. The van der Waals surface area contributed by atoms with E-state index in [4.69, 9.17) is 0 Å². The first kappa shape index (κ1) is 18.6. The normalized spacial score (nSPS) is 12.9. The van der Waals surface area contributed by atoms with Crippen LogP contribution in [0.4, 0.5) is 0 Å². The first-order valence-corrected chi connectivity index (χ1v) is 9.27. The molecule has 1 unspecified atom stereocenters. The fourth-order valence-electron chi connectivity index (χ4n) is 2.23. The summed E-state index contributed by atoms with van der Waals surface area (Å²) in [5, 5.41) is 3.70. The van der Waals surface area contributed by atoms with Gasteiger partial charge in [0.2, 0.25) is 5.91 Å². The lowest BCUT2D eigenvalue weighted by molar-refractivity contribution is -0.121. The smallest absolute Gasteiger partial charge is 0.233 e. The first-order valence-electron chi connectivity index (χ1n) is 8.39. The topological polar surface area (TPSA) is 57.8 Å². The van der Waals surface area contributed by atoms with Crippen LogP contribution in [0.2, 0.25) is 0 Å². The summed E-state index contributed by atoms with van der Waals surface area (Å²) in [5.74, 6) is 0.0468. The molecule has 0 aliphatic heterocycles. The number of nitrogens with zero attached hydrogens (tertiary/aromatic N) is 1. The van der Waals surface area contributed by atoms with Crippen molar-refractivity contribution in [2.24, 2.45) is 0 Å². The Morgan fingerprint density at radius 1 is 1.33 bits per heavy atom. The Morgan fingerprint density at radius 2 is 2.00 bits per heavy atom. The van der Waals surface area contributed by atoms with Gasteiger partial charge in [-0.3, -0.25) is 4.79 Å². The standard InChI is InChI=1S/C19H27N3OS/c1-6-19(4,5)22-17(23)14(3)24-18-20-13(2)16(21-18)12-15-10-8-7-9-11-15/h7-11,14H,6,12H2,1-5H3,(H,20,21)(H,22,23). The molecule has 4 nitrogen and oxygen atoms in total. The summed E-state index contributed by atoms with van der Waals surface area (Å²) in [6, 6.07) is 10.3. The number of carbonyl (C=O) groups is 1. The summed E-state index contributed by atoms with van der Waals surface area (Å²) < 4.78 is 0. The summed E-state index contributed by atoms with van der Waals surface area (Å²) >= 11 is 1.47. The molecule has 0 bridgehead atoms. The lowest BCUT2D eigenvalue weighted by Gasteiger charge is -2.26. The Hall–Kier alpha value is -1.75. The summed E-state index contributed by atoms with van der Waals surface area (Å²) in [5.41, 5.74) is 3.15. The molecule has 1 aromatic heterocycles. The molecule has 1 amide bonds. The third-order valence-electron chi connectivity index (χ3n) is 4.18. The van der Waals surface area contributed by atoms with Gasteiger partial charge in [-0.15, -0.1) is 0 Å². The largest absolute Gasteiger partial charge is 0.350 e. The highest BCUT2D eigenvalue weighted by Crippen LogP contribution is 2.23. The molecule has 0 aliphatic carbocycles. The number of amides is 1. The number of aromatic nitrogens is 2. The van der Waals surface area contributed by atoms with Gasteiger partial charge in [-0.05, 0) is 39.7 Å². The van der Waals surface area contributed by atoms with E-state index in [-0.39, 0.29) is 16.7 Å². The van der Waals surface area contributed by atoms with E-state index < -0.39 is 0 Å². The number of hydrogen-bond donors (Lipinski definition) is 2. The second-order valence-electron chi connectivity index (χ2n) is 6.76. The lowest BCUT2D eigenvalue weighted by Crippen LogP contribution is -2.46. The molecule has 1 atom stereocenters. The van der Waals surface area contributed by atoms with Crippen LogP contribution < -0.4 is 5.32 Å². The number of imidazole rings is 1. The summed E-state index contributed by atoms with van der Waals surface area (Å²) in [4.78, 5) is 20.3. The Balaban J connectivity index is 2.00. The van der Waals surface area contributed by atoms with Gasteiger partial charge in [-0.2, -0.15) is 0 Å². The highest BCUT2D eigenvalue weighted by atomic mass is 32.2. The van der Waals surface area contributed by atoms with Crippen molar-refractivity contribution in [3.05, 3.63) is 47.3 Å². The first-order chi connectivity index (χ1) is 11.3. The molecule has 1 aromatic carbocycles. The zero-order valence-corrected chi connectivity index (χ0v) is 16.0. The van der Waals surface area contributed by atoms with E-state index in [0.29, 0.717) is 0 Å². The molecule has 0 radical (unpaired) electrons. The molecule has 0 saturated heterocycles. The molecular formula is C19H27N3OS. The molecule has 130 valence electrons. The van der Waals surface area contributed by atoms with Crippen molar-refractivity contribution in [2.45, 2.75) is 63.4 Å². The van der Waals surface area contributed by atoms with E-state index >= 15 is 0 Å². The van der Waals surface area contributed by atoms with Gasteiger partial charge in [0.25, 0.3) is 0 Å². The van der Waals surface area contributed by atoms with Crippen molar-refractivity contribution in [3.63, 3.8) is 0 Å². The number of benzene rings is 1. The molecule has 2 rings (SSSR count). The van der Waals surface area contributed by atoms with Gasteiger partial charge in [0.15, 0.2) is 5.16 Å². The van der Waals surface area contributed by atoms with Gasteiger partial charge in [-0.1, -0.05) is 49.0 Å². The molecule has 2 N–H and O–H groups in total. The van der Waals surface area contributed by atoms with Gasteiger partial charge in [0.05, 0.1) is 10.9 Å². The van der Waals surface area contributed by atoms with Crippen LogP contribution in [0.3, 0.4) is 0 Å². The quantitative estimate of drug-likeness (QED) is 0.743. The zero-order chi connectivity index (χ0) is 17.7. The van der Waals surface area contributed by atoms with Crippen LogP contribution in [0, 0.1) is 6.92 Å². The van der Waals surface area contributed by atoms with Crippen molar-refractivity contribution in [3.8, 4) is 0 Å². The number of rotatable bonds is 7. The molecule has 0 saturated carbocycles. The number of hydrogen-bond acceptors (Lipinski definition) is 3. The van der Waals surface area contributed by atoms with E-state index in [0.717, 1.165) is 29.4 Å². The second kappa shape index (κ2) is 7.88. The van der Waals surface area contributed by atoms with Crippen molar-refractivity contribution >= 4 is 17.7 Å². The number of H-pyrrole nitrogens is 1. The Kier molecular flexibility index (Phi) is 6.10. The Labute approximate surface area is 148 Å². The van der Waals surface area contributed by atoms with E-state index in [2.05, 4.69) is 34.3 Å². The van der Waals surface area contributed by atoms with E-state index in [9.17, 15) is 4.79 Å². The van der Waals surface area contributed by atoms with Crippen LogP contribution in [-0.4, -0.2) is 26.7 Å². The average Bonchev–Trinajstić information content (AvgIpc) is 2.87. The van der Waals surface area contributed by atoms with Crippen molar-refractivity contribution in [2.75, 3.05) is 0 Å². The molecule has 2 aromatic rings. The van der Waals surface area contributed by atoms with Gasteiger partial charge >= 0.3 is 0 Å². The zero-order valence-electron chi connectivity index (χ0n) is 15.1. The predicted molar refractivity (Wildman–Crippen MR) is 100 cm³/mol. The SMILES string of the molecule is CCC(C)(C)NC(=O)C(C)Sc1nc(Cc2ccccc2)c(C)[nH]1. The van der Waals surface area contributed by atoms with Crippen LogP contribution in [0.1, 0.15) is 51.1 Å². The van der Waals surface area contributed by atoms with Gasteiger partial charge in [0, 0.05) is 17.7 Å². The third-order valence-corrected chi connectivity index (χ3v) is 5.17. The predicted octanol–water partition coefficient (Wildman–Crippen LogP) is 4.09. The Morgan fingerprint density at radius 3 is 2.62 bits per heavy atom. The van der Waals surface area contributed by atoms with E-state index in [1.54, 1.807) is 0 Å². The molecule has 24 heavy (non-hydrogen) atoms. The number of aromatic amines is 1. The molecule has 1 heterocycles. The van der Waals surface area contributed by atoms with Gasteiger partial charge < -0.3 is 10.3 Å². The maximum atomic E-state index is 12.3. The summed E-state index contributed by atoms with van der Waals surface area (Å²) in [6.07, 6.45) is 1.70. The molecule has 5 heteroatoms. The van der Waals surface area contributed by atoms with Crippen LogP contribution in [0.5, 0.6) is 0 Å². The maximum absolute atomic E-state index is 12.3. The lowest BCUT2D eigenvalue weighted by atomic mass is 10.0. The van der Waals surface area contributed by atoms with Crippen LogP contribution >= 0.6 is 11.8 Å². The molecular weight excluding hydrogens is 318 g/mol. The van der Waals surface area contributed by atoms with Crippen molar-refractivity contribution in [1.29, 1.82) is 0 Å². The molecule has 0 aliphatic rings. The van der Waals surface area contributed by atoms with E-state index in [1.165, 1.54) is 17.3 Å². The minimum absolute atomic E-state index is 0.0468. The number of aryl methyl sites for hydroxylation is 1. The monoisotopic (exact) mass is 345 g/mol. The number of carbonyl (C=O) groups excluding carboxylic acids is 1. The van der Waals surface area contributed by atoms with Gasteiger partial charge in [-0.25, -0.2) is 4.98 Å². The van der Waals surface area contributed by atoms with Gasteiger partial charge in [0.1, 0.15) is 0 Å². The maximum Gasteiger partial charge on any atom is 0.233 e. The van der Waals surface area contributed by atoms with Crippen molar-refractivity contribution < 1.29 is 4.79 Å². The molecule has 0 spiro atoms. The van der Waals surface area contributed by atoms with Crippen LogP contribution in [0.15, 0.2) is 35.5 Å².